The number of carbonyl (C=O) groups excluding carboxylic acids is 1. The molecule has 0 spiro atoms. The molecule has 114 valence electrons. The van der Waals surface area contributed by atoms with Gasteiger partial charge in [0, 0.05) is 5.39 Å². The van der Waals surface area contributed by atoms with E-state index in [2.05, 4.69) is 11.1 Å². The predicted molar refractivity (Wildman–Crippen MR) is 85.0 cm³/mol. The van der Waals surface area contributed by atoms with Gasteiger partial charge in [0.05, 0.1) is 24.8 Å². The van der Waals surface area contributed by atoms with E-state index in [1.54, 1.807) is 27.0 Å². The predicted octanol–water partition coefficient (Wildman–Crippen LogP) is 3.16. The van der Waals surface area contributed by atoms with Gasteiger partial charge in [-0.25, -0.2) is 4.98 Å². The number of pyridine rings is 1. The molecular weight excluding hydrogens is 300 g/mol. The lowest BCUT2D eigenvalue weighted by Crippen LogP contribution is -2.17. The van der Waals surface area contributed by atoms with Gasteiger partial charge in [0.1, 0.15) is 22.1 Å². The Morgan fingerprint density at radius 3 is 2.86 bits per heavy atom. The first-order valence-electron chi connectivity index (χ1n) is 6.81. The van der Waals surface area contributed by atoms with Crippen molar-refractivity contribution in [3.8, 4) is 11.8 Å². The Labute approximate surface area is 133 Å². The molecule has 0 radical (unpaired) electrons. The Kier molecular flexibility index (Phi) is 5.23. The summed E-state index contributed by atoms with van der Waals surface area (Å²) in [7, 11) is 1.59. The first-order valence-corrected chi connectivity index (χ1v) is 7.69. The lowest BCUT2D eigenvalue weighted by molar-refractivity contribution is -0.142. The summed E-state index contributed by atoms with van der Waals surface area (Å²) in [6.45, 7) is 3.83. The Hall–Kier alpha value is -2.26. The van der Waals surface area contributed by atoms with Crippen LogP contribution >= 0.6 is 11.8 Å². The van der Waals surface area contributed by atoms with Crippen molar-refractivity contribution in [2.75, 3.05) is 13.7 Å². The number of fused-ring (bicyclic) bond motifs is 1. The largest absolute Gasteiger partial charge is 0.497 e. The minimum Gasteiger partial charge on any atom is -0.497 e. The van der Waals surface area contributed by atoms with Crippen molar-refractivity contribution < 1.29 is 14.3 Å². The number of nitrogens with zero attached hydrogens (tertiary/aromatic N) is 2. The number of ether oxygens (including phenoxy) is 2. The lowest BCUT2D eigenvalue weighted by Gasteiger charge is -2.11. The monoisotopic (exact) mass is 316 g/mol. The summed E-state index contributed by atoms with van der Waals surface area (Å²) in [5.74, 6) is 0.395. The van der Waals surface area contributed by atoms with E-state index in [1.807, 2.05) is 18.2 Å². The Balaban J connectivity index is 2.37. The number of esters is 1. The number of carbonyl (C=O) groups is 1. The lowest BCUT2D eigenvalue weighted by atomic mass is 10.1. The number of aromatic nitrogens is 1. The van der Waals surface area contributed by atoms with Gasteiger partial charge in [0.15, 0.2) is 0 Å². The van der Waals surface area contributed by atoms with Crippen molar-refractivity contribution in [3.63, 3.8) is 0 Å². The number of rotatable bonds is 5. The minimum absolute atomic E-state index is 0.312. The number of benzene rings is 1. The number of nitriles is 1. The molecule has 6 heteroatoms. The average molecular weight is 316 g/mol. The summed E-state index contributed by atoms with van der Waals surface area (Å²) in [6.07, 6.45) is 0. The van der Waals surface area contributed by atoms with Gasteiger partial charge in [-0.3, -0.25) is 4.79 Å². The van der Waals surface area contributed by atoms with Crippen molar-refractivity contribution in [2.24, 2.45) is 0 Å². The molecular formula is C16H16N2O3S. The van der Waals surface area contributed by atoms with Crippen molar-refractivity contribution in [1.82, 2.24) is 4.98 Å². The highest BCUT2D eigenvalue weighted by Crippen LogP contribution is 2.29. The second-order valence-corrected chi connectivity index (χ2v) is 5.85. The molecule has 0 aliphatic carbocycles. The summed E-state index contributed by atoms with van der Waals surface area (Å²) < 4.78 is 10.2. The molecule has 1 atom stereocenters. The van der Waals surface area contributed by atoms with Crippen LogP contribution in [0.1, 0.15) is 19.4 Å². The zero-order valence-corrected chi connectivity index (χ0v) is 13.4. The van der Waals surface area contributed by atoms with Crippen LogP contribution in [-0.4, -0.2) is 29.9 Å². The van der Waals surface area contributed by atoms with E-state index >= 15 is 0 Å². The van der Waals surface area contributed by atoms with E-state index in [0.29, 0.717) is 22.9 Å². The normalized spacial score (nSPS) is 11.7. The van der Waals surface area contributed by atoms with Crippen LogP contribution in [-0.2, 0) is 9.53 Å². The molecule has 0 aliphatic rings. The molecule has 1 aromatic carbocycles. The van der Waals surface area contributed by atoms with E-state index < -0.39 is 5.25 Å². The highest BCUT2D eigenvalue weighted by Gasteiger charge is 2.19. The Bertz CT molecular complexity index is 740. The van der Waals surface area contributed by atoms with E-state index in [9.17, 15) is 10.1 Å². The minimum atomic E-state index is -0.421. The summed E-state index contributed by atoms with van der Waals surface area (Å²) in [6, 6.07) is 9.34. The van der Waals surface area contributed by atoms with Crippen molar-refractivity contribution >= 4 is 28.6 Å². The smallest absolute Gasteiger partial charge is 0.319 e. The molecule has 5 nitrogen and oxygen atoms in total. The van der Waals surface area contributed by atoms with Gasteiger partial charge < -0.3 is 9.47 Å². The van der Waals surface area contributed by atoms with E-state index in [0.717, 1.165) is 10.9 Å². The zero-order valence-electron chi connectivity index (χ0n) is 12.6. The topological polar surface area (TPSA) is 72.2 Å². The zero-order chi connectivity index (χ0) is 16.1. The quantitative estimate of drug-likeness (QED) is 0.623. The molecule has 1 unspecified atom stereocenters. The first-order chi connectivity index (χ1) is 10.6. The molecule has 22 heavy (non-hydrogen) atoms. The van der Waals surface area contributed by atoms with Gasteiger partial charge in [0.25, 0.3) is 0 Å². The van der Waals surface area contributed by atoms with Crippen LogP contribution in [0, 0.1) is 11.3 Å². The van der Waals surface area contributed by atoms with Crippen LogP contribution in [0.15, 0.2) is 29.3 Å². The molecule has 0 saturated heterocycles. The van der Waals surface area contributed by atoms with Crippen molar-refractivity contribution in [1.29, 1.82) is 5.26 Å². The molecule has 0 saturated carbocycles. The Morgan fingerprint density at radius 2 is 2.23 bits per heavy atom. The fourth-order valence-corrected chi connectivity index (χ4v) is 2.79. The van der Waals surface area contributed by atoms with Gasteiger partial charge in [0.2, 0.25) is 0 Å². The summed E-state index contributed by atoms with van der Waals surface area (Å²) in [5, 5.41) is 10.2. The fraction of sp³-hybridized carbons (Fsp3) is 0.312. The summed E-state index contributed by atoms with van der Waals surface area (Å²) in [5.41, 5.74) is 1.18. The van der Waals surface area contributed by atoms with E-state index in [1.165, 1.54) is 11.8 Å². The van der Waals surface area contributed by atoms with Gasteiger partial charge >= 0.3 is 5.97 Å². The van der Waals surface area contributed by atoms with Crippen LogP contribution < -0.4 is 4.74 Å². The van der Waals surface area contributed by atoms with Crippen LogP contribution in [0.3, 0.4) is 0 Å². The van der Waals surface area contributed by atoms with Crippen molar-refractivity contribution in [2.45, 2.75) is 24.1 Å². The molecule has 0 amide bonds. The third kappa shape index (κ3) is 3.49. The maximum absolute atomic E-state index is 11.7. The summed E-state index contributed by atoms with van der Waals surface area (Å²) >= 11 is 1.23. The summed E-state index contributed by atoms with van der Waals surface area (Å²) in [4.78, 5) is 16.2. The molecule has 0 N–H and O–H groups in total. The third-order valence-corrected chi connectivity index (χ3v) is 4.09. The van der Waals surface area contributed by atoms with E-state index in [4.69, 9.17) is 9.47 Å². The first kappa shape index (κ1) is 16.1. The third-order valence-electron chi connectivity index (χ3n) is 3.01. The van der Waals surface area contributed by atoms with Crippen molar-refractivity contribution in [3.05, 3.63) is 29.8 Å². The molecule has 2 rings (SSSR count). The molecule has 1 heterocycles. The van der Waals surface area contributed by atoms with Gasteiger partial charge in [-0.1, -0.05) is 11.8 Å². The number of hydrogen-bond donors (Lipinski definition) is 0. The second kappa shape index (κ2) is 7.14. The fourth-order valence-electron chi connectivity index (χ4n) is 1.91. The van der Waals surface area contributed by atoms with Crippen LogP contribution in [0.2, 0.25) is 0 Å². The molecule has 0 aliphatic heterocycles. The SMILES string of the molecule is CCOC(=O)C(C)Sc1nc2ccc(OC)cc2cc1C#N. The highest BCUT2D eigenvalue weighted by atomic mass is 32.2. The maximum atomic E-state index is 11.7. The van der Waals surface area contributed by atoms with Crippen LogP contribution in [0.25, 0.3) is 10.9 Å². The van der Waals surface area contributed by atoms with Gasteiger partial charge in [-0.2, -0.15) is 5.26 Å². The number of hydrogen-bond acceptors (Lipinski definition) is 6. The van der Waals surface area contributed by atoms with Crippen LogP contribution in [0.4, 0.5) is 0 Å². The standard InChI is InChI=1S/C16H16N2O3S/c1-4-21-16(19)10(2)22-15-12(9-17)7-11-8-13(20-3)5-6-14(11)18-15/h5-8,10H,4H2,1-3H3. The van der Waals surface area contributed by atoms with Crippen LogP contribution in [0.5, 0.6) is 5.75 Å². The van der Waals surface area contributed by atoms with Gasteiger partial charge in [-0.05, 0) is 38.1 Å². The number of methoxy groups -OCH3 is 1. The van der Waals surface area contributed by atoms with Gasteiger partial charge in [-0.15, -0.1) is 0 Å². The van der Waals surface area contributed by atoms with E-state index in [-0.39, 0.29) is 5.97 Å². The number of thioether (sulfide) groups is 1. The highest BCUT2D eigenvalue weighted by molar-refractivity contribution is 8.00. The Morgan fingerprint density at radius 1 is 1.45 bits per heavy atom. The molecule has 1 aromatic heterocycles. The maximum Gasteiger partial charge on any atom is 0.319 e. The average Bonchev–Trinajstić information content (AvgIpc) is 2.53. The molecule has 2 aromatic rings. The second-order valence-electron chi connectivity index (χ2n) is 4.52. The molecule has 0 bridgehead atoms. The molecule has 0 fully saturated rings.